The first-order chi connectivity index (χ1) is 7.63. The molecule has 0 aliphatic carbocycles. The zero-order valence-electron chi connectivity index (χ0n) is 8.66. The van der Waals surface area contributed by atoms with Crippen molar-refractivity contribution in [3.8, 4) is 6.07 Å². The molecule has 1 aromatic rings. The molecule has 5 heteroatoms. The van der Waals surface area contributed by atoms with Crippen LogP contribution < -0.4 is 0 Å². The number of carbonyl (C=O) groups is 1. The Balaban J connectivity index is 3.26. The average Bonchev–Trinajstić information content (AvgIpc) is 2.28. The van der Waals surface area contributed by atoms with E-state index in [1.807, 2.05) is 6.07 Å². The largest absolute Gasteiger partial charge is 0.462 e. The molecule has 84 valence electrons. The molecule has 1 rings (SSSR count). The molecule has 0 bridgehead atoms. The standard InChI is InChI=1S/C11H10BrNO3/c1-2-16-11(15)9-3-8(6-14)10(12)4-7(9)5-13/h3-4,14H,2,6H2,1H3. The second kappa shape index (κ2) is 5.64. The van der Waals surface area contributed by atoms with Crippen LogP contribution in [0.1, 0.15) is 28.4 Å². The third-order valence-electron chi connectivity index (χ3n) is 1.97. The van der Waals surface area contributed by atoms with Crippen LogP contribution in [-0.4, -0.2) is 17.7 Å². The zero-order valence-corrected chi connectivity index (χ0v) is 10.2. The van der Waals surface area contributed by atoms with Crippen molar-refractivity contribution in [3.05, 3.63) is 33.3 Å². The zero-order chi connectivity index (χ0) is 12.1. The highest BCUT2D eigenvalue weighted by molar-refractivity contribution is 9.10. The summed E-state index contributed by atoms with van der Waals surface area (Å²) in [7, 11) is 0. The van der Waals surface area contributed by atoms with Crippen LogP contribution in [0.15, 0.2) is 16.6 Å². The van der Waals surface area contributed by atoms with E-state index >= 15 is 0 Å². The van der Waals surface area contributed by atoms with Crippen LogP contribution in [-0.2, 0) is 11.3 Å². The Morgan fingerprint density at radius 1 is 1.62 bits per heavy atom. The first-order valence-electron chi connectivity index (χ1n) is 4.64. The van der Waals surface area contributed by atoms with E-state index < -0.39 is 5.97 Å². The van der Waals surface area contributed by atoms with E-state index in [1.165, 1.54) is 12.1 Å². The number of benzene rings is 1. The second-order valence-corrected chi connectivity index (χ2v) is 3.83. The van der Waals surface area contributed by atoms with Gasteiger partial charge in [0.1, 0.15) is 6.07 Å². The molecular weight excluding hydrogens is 274 g/mol. The summed E-state index contributed by atoms with van der Waals surface area (Å²) in [6.07, 6.45) is 0. The molecule has 16 heavy (non-hydrogen) atoms. The maximum Gasteiger partial charge on any atom is 0.339 e. The summed E-state index contributed by atoms with van der Waals surface area (Å²) in [4.78, 5) is 11.5. The van der Waals surface area contributed by atoms with E-state index in [0.29, 0.717) is 10.0 Å². The van der Waals surface area contributed by atoms with Gasteiger partial charge in [0.25, 0.3) is 0 Å². The highest BCUT2D eigenvalue weighted by Gasteiger charge is 2.15. The molecule has 0 radical (unpaired) electrons. The summed E-state index contributed by atoms with van der Waals surface area (Å²) in [6, 6.07) is 4.87. The molecule has 0 aromatic heterocycles. The fourth-order valence-electron chi connectivity index (χ4n) is 1.21. The number of hydrogen-bond donors (Lipinski definition) is 1. The molecule has 0 saturated carbocycles. The van der Waals surface area contributed by atoms with Gasteiger partial charge >= 0.3 is 5.97 Å². The third kappa shape index (κ3) is 2.60. The van der Waals surface area contributed by atoms with Gasteiger partial charge in [-0.3, -0.25) is 0 Å². The van der Waals surface area contributed by atoms with Crippen LogP contribution in [0.25, 0.3) is 0 Å². The highest BCUT2D eigenvalue weighted by Crippen LogP contribution is 2.22. The van der Waals surface area contributed by atoms with Crippen molar-refractivity contribution in [2.45, 2.75) is 13.5 Å². The van der Waals surface area contributed by atoms with Crippen molar-refractivity contribution in [1.29, 1.82) is 5.26 Å². The average molecular weight is 284 g/mol. The third-order valence-corrected chi connectivity index (χ3v) is 2.71. The van der Waals surface area contributed by atoms with Crippen LogP contribution in [0.2, 0.25) is 0 Å². The minimum absolute atomic E-state index is 0.177. The topological polar surface area (TPSA) is 70.3 Å². The summed E-state index contributed by atoms with van der Waals surface area (Å²) in [5.41, 5.74) is 0.946. The molecular formula is C11H10BrNO3. The molecule has 0 saturated heterocycles. The monoisotopic (exact) mass is 283 g/mol. The summed E-state index contributed by atoms with van der Waals surface area (Å²) < 4.78 is 5.42. The highest BCUT2D eigenvalue weighted by atomic mass is 79.9. The number of aliphatic hydroxyl groups is 1. The van der Waals surface area contributed by atoms with Gasteiger partial charge in [0, 0.05) is 4.47 Å². The molecule has 0 spiro atoms. The molecule has 1 N–H and O–H groups in total. The smallest absolute Gasteiger partial charge is 0.339 e. The van der Waals surface area contributed by atoms with Gasteiger partial charge in [0.2, 0.25) is 0 Å². The lowest BCUT2D eigenvalue weighted by atomic mass is 10.1. The van der Waals surface area contributed by atoms with Crippen molar-refractivity contribution in [2.75, 3.05) is 6.61 Å². The SMILES string of the molecule is CCOC(=O)c1cc(CO)c(Br)cc1C#N. The van der Waals surface area contributed by atoms with E-state index in [2.05, 4.69) is 15.9 Å². The summed E-state index contributed by atoms with van der Waals surface area (Å²) in [6.45, 7) is 1.72. The minimum Gasteiger partial charge on any atom is -0.462 e. The number of hydrogen-bond acceptors (Lipinski definition) is 4. The van der Waals surface area contributed by atoms with Gasteiger partial charge < -0.3 is 9.84 Å². The van der Waals surface area contributed by atoms with Crippen LogP contribution in [0.5, 0.6) is 0 Å². The van der Waals surface area contributed by atoms with Gasteiger partial charge in [-0.25, -0.2) is 4.79 Å². The Morgan fingerprint density at radius 2 is 2.31 bits per heavy atom. The molecule has 0 aliphatic heterocycles. The van der Waals surface area contributed by atoms with Gasteiger partial charge in [0.05, 0.1) is 24.3 Å². The van der Waals surface area contributed by atoms with Crippen molar-refractivity contribution < 1.29 is 14.6 Å². The summed E-state index contributed by atoms with van der Waals surface area (Å²) in [5, 5.41) is 17.9. The van der Waals surface area contributed by atoms with Crippen LogP contribution in [0.3, 0.4) is 0 Å². The second-order valence-electron chi connectivity index (χ2n) is 2.98. The molecule has 0 atom stereocenters. The number of ether oxygens (including phenoxy) is 1. The van der Waals surface area contributed by atoms with E-state index in [0.717, 1.165) is 0 Å². The van der Waals surface area contributed by atoms with Crippen molar-refractivity contribution in [3.63, 3.8) is 0 Å². The minimum atomic E-state index is -0.554. The number of esters is 1. The lowest BCUT2D eigenvalue weighted by Crippen LogP contribution is -2.08. The van der Waals surface area contributed by atoms with Gasteiger partial charge in [-0.05, 0) is 24.6 Å². The van der Waals surface area contributed by atoms with Crippen LogP contribution in [0, 0.1) is 11.3 Å². The fourth-order valence-corrected chi connectivity index (χ4v) is 1.68. The fraction of sp³-hybridized carbons (Fsp3) is 0.273. The van der Waals surface area contributed by atoms with Gasteiger partial charge in [-0.15, -0.1) is 0 Å². The molecule has 1 aromatic carbocycles. The van der Waals surface area contributed by atoms with E-state index in [-0.39, 0.29) is 24.3 Å². The number of halogens is 1. The molecule has 4 nitrogen and oxygen atoms in total. The predicted molar refractivity (Wildman–Crippen MR) is 60.7 cm³/mol. The van der Waals surface area contributed by atoms with E-state index in [9.17, 15) is 4.79 Å². The predicted octanol–water partition coefficient (Wildman–Crippen LogP) is 1.99. The van der Waals surface area contributed by atoms with E-state index in [1.54, 1.807) is 6.92 Å². The maximum absolute atomic E-state index is 11.5. The Bertz CT molecular complexity index is 451. The van der Waals surface area contributed by atoms with Crippen molar-refractivity contribution >= 4 is 21.9 Å². The maximum atomic E-state index is 11.5. The molecule has 0 amide bonds. The molecule has 0 heterocycles. The number of aliphatic hydroxyl groups excluding tert-OH is 1. The Kier molecular flexibility index (Phi) is 4.47. The summed E-state index contributed by atoms with van der Waals surface area (Å²) in [5.74, 6) is -0.554. The number of carbonyl (C=O) groups excluding carboxylic acids is 1. The quantitative estimate of drug-likeness (QED) is 0.862. The molecule has 0 aliphatic rings. The molecule has 0 fully saturated rings. The number of nitriles is 1. The lowest BCUT2D eigenvalue weighted by molar-refractivity contribution is 0.0526. The van der Waals surface area contributed by atoms with Gasteiger partial charge in [0.15, 0.2) is 0 Å². The van der Waals surface area contributed by atoms with Crippen molar-refractivity contribution in [1.82, 2.24) is 0 Å². The number of nitrogens with zero attached hydrogens (tertiary/aromatic N) is 1. The Labute approximate surface area is 102 Å². The lowest BCUT2D eigenvalue weighted by Gasteiger charge is -2.07. The van der Waals surface area contributed by atoms with Crippen LogP contribution >= 0.6 is 15.9 Å². The number of rotatable bonds is 3. The Hall–Kier alpha value is -1.38. The summed E-state index contributed by atoms with van der Waals surface area (Å²) >= 11 is 3.21. The van der Waals surface area contributed by atoms with Crippen LogP contribution in [0.4, 0.5) is 0 Å². The van der Waals surface area contributed by atoms with Gasteiger partial charge in [-0.1, -0.05) is 15.9 Å². The van der Waals surface area contributed by atoms with E-state index in [4.69, 9.17) is 15.1 Å². The normalized spacial score (nSPS) is 9.62. The van der Waals surface area contributed by atoms with Gasteiger partial charge in [-0.2, -0.15) is 5.26 Å². The molecule has 0 unspecified atom stereocenters. The first-order valence-corrected chi connectivity index (χ1v) is 5.43. The van der Waals surface area contributed by atoms with Crippen molar-refractivity contribution in [2.24, 2.45) is 0 Å². The Morgan fingerprint density at radius 3 is 2.81 bits per heavy atom. The first kappa shape index (κ1) is 12.7.